The Bertz CT molecular complexity index is 4800. The molecule has 0 saturated carbocycles. The minimum atomic E-state index is -0.548. The molecule has 0 spiro atoms. The number of nitro groups is 1. The van der Waals surface area contributed by atoms with Crippen molar-refractivity contribution in [3.05, 3.63) is 250 Å². The van der Waals surface area contributed by atoms with Gasteiger partial charge in [-0.2, -0.15) is 0 Å². The topological polar surface area (TPSA) is 512 Å². The first-order chi connectivity index (χ1) is 58.1. The number of nitrogens with one attached hydrogen (secondary N) is 5. The van der Waals surface area contributed by atoms with Crippen molar-refractivity contribution in [3.8, 4) is 5.75 Å². The number of aromatic nitrogens is 1. The van der Waals surface area contributed by atoms with Crippen LogP contribution in [0.15, 0.2) is 225 Å². The molecule has 1 heterocycles. The summed E-state index contributed by atoms with van der Waals surface area (Å²) >= 11 is 4.97. The second kappa shape index (κ2) is 58.6. The Morgan fingerprint density at radius 3 is 0.909 bits per heavy atom. The minimum Gasteiger partial charge on any atom is -0.485 e. The first kappa shape index (κ1) is 101. The fourth-order valence-corrected chi connectivity index (χ4v) is 14.3. The Morgan fingerprint density at radius 1 is 0.331 bits per heavy atom. The molecule has 35 heteroatoms. The third-order valence-corrected chi connectivity index (χ3v) is 21.0. The lowest BCUT2D eigenvalue weighted by Crippen LogP contribution is -2.28. The largest absolute Gasteiger partial charge is 0.485 e. The second-order valence-electron chi connectivity index (χ2n) is 25.7. The van der Waals surface area contributed by atoms with Crippen LogP contribution < -0.4 is 60.0 Å². The van der Waals surface area contributed by atoms with E-state index in [-0.39, 0.29) is 137 Å². The minimum absolute atomic E-state index is 0.0166. The molecule has 8 rings (SSSR count). The zero-order valence-corrected chi connectivity index (χ0v) is 70.9. The predicted octanol–water partition coefficient (Wildman–Crippen LogP) is 11.9. The first-order valence-corrected chi connectivity index (χ1v) is 42.4. The third kappa shape index (κ3) is 42.3. The number of amides is 10. The number of nitro benzene ring substituents is 1. The maximum Gasteiger partial charge on any atom is 0.269 e. The molecule has 0 bridgehead atoms. The fraction of sp³-hybridized carbons (Fsp3) is 0.279. The number of pyridine rings is 1. The van der Waals surface area contributed by atoms with E-state index in [1.807, 2.05) is 18.2 Å². The molecule has 0 atom stereocenters. The number of carbonyl (C=O) groups is 15. The molecule has 15 N–H and O–H groups in total. The molecule has 8 aromatic rings. The van der Waals surface area contributed by atoms with Gasteiger partial charge in [0.2, 0.25) is 44.9 Å². The van der Waals surface area contributed by atoms with Gasteiger partial charge >= 0.3 is 0 Å². The number of primary amides is 5. The van der Waals surface area contributed by atoms with Gasteiger partial charge in [-0.1, -0.05) is 161 Å². The van der Waals surface area contributed by atoms with Crippen molar-refractivity contribution < 1.29 is 81.6 Å². The number of hydrogen-bond donors (Lipinski definition) is 10. The standard InChI is InChI=1S/C18H18N2O4S.C18H26N2O3S.C17H15N3O5S.C17H24N2O3S.C16H15N3O3S/c19-16(21)10-11-20-18(23)14-8-4-5-9-15(14)25-17(22)12-24-13-6-2-1-3-7-13;1-2-3-4-5-6-11-17(22)24-15-10-8-7-9-14(15)18(23)20-13-12-16(19)21;18-15(21)9-10-19-16(22)13-3-1-2-4-14(13)26-17(23)11-5-7-12(8-6-11)20(24)25;1-2-3-4-5-10-16(21)23-14-9-7-6-8-13(14)17(22)19-12-11-15(18)20;17-14(20)7-10-19-15(21)12-3-1-2-4-13(12)23-16(22)11-5-8-18-9-6-11/h1-9H,10-12H2,(H2,19,21)(H,20,23);7-10H,2-6,11-13H2,1H3,(H2,19,21)(H,20,23);1-8H,9-10H2,(H2,18,21)(H,19,22);6-9H,2-5,10-12H2,1H3,(H2,18,20)(H,19,22);1-6,8-9H,7,10H2,(H2,17,20)(H,19,21). The average molecular weight is 1750 g/mol. The normalized spacial score (nSPS) is 10.2. The van der Waals surface area contributed by atoms with Crippen LogP contribution in [0.4, 0.5) is 5.69 Å². The number of rotatable bonds is 42. The second-order valence-corrected chi connectivity index (χ2v) is 31.0. The van der Waals surface area contributed by atoms with Crippen molar-refractivity contribution in [1.29, 1.82) is 0 Å². The van der Waals surface area contributed by atoms with E-state index in [4.69, 9.17) is 33.4 Å². The summed E-state index contributed by atoms with van der Waals surface area (Å²) in [5, 5.41) is 23.1. The Hall–Kier alpha value is -12.3. The highest BCUT2D eigenvalue weighted by molar-refractivity contribution is 8.15. The molecule has 7 aromatic carbocycles. The van der Waals surface area contributed by atoms with Crippen molar-refractivity contribution in [1.82, 2.24) is 31.6 Å². The lowest BCUT2D eigenvalue weighted by Gasteiger charge is -2.09. The van der Waals surface area contributed by atoms with E-state index >= 15 is 0 Å². The molecule has 0 aliphatic rings. The summed E-state index contributed by atoms with van der Waals surface area (Å²) in [6.07, 6.45) is 14.1. The Kier molecular flexibility index (Phi) is 48.9. The van der Waals surface area contributed by atoms with Crippen LogP contribution in [0.2, 0.25) is 0 Å². The van der Waals surface area contributed by atoms with E-state index in [1.165, 1.54) is 49.5 Å². The van der Waals surface area contributed by atoms with Crippen molar-refractivity contribution in [3.63, 3.8) is 0 Å². The van der Waals surface area contributed by atoms with Crippen LogP contribution in [0.1, 0.15) is 189 Å². The van der Waals surface area contributed by atoms with Gasteiger partial charge in [0.05, 0.1) is 32.7 Å². The van der Waals surface area contributed by atoms with Crippen LogP contribution >= 0.6 is 58.8 Å². The number of thioether (sulfide) groups is 5. The van der Waals surface area contributed by atoms with E-state index in [1.54, 1.807) is 146 Å². The highest BCUT2D eigenvalue weighted by atomic mass is 32.2. The van der Waals surface area contributed by atoms with Crippen LogP contribution in [0.25, 0.3) is 0 Å². The molecule has 0 saturated heterocycles. The van der Waals surface area contributed by atoms with E-state index in [0.29, 0.717) is 70.9 Å². The molecule has 640 valence electrons. The summed E-state index contributed by atoms with van der Waals surface area (Å²) < 4.78 is 5.41. The number of hydrogen-bond acceptors (Lipinski definition) is 24. The lowest BCUT2D eigenvalue weighted by atomic mass is 10.1. The van der Waals surface area contributed by atoms with Crippen LogP contribution in [-0.4, -0.2) is 134 Å². The number of para-hydroxylation sites is 1. The number of nitrogens with two attached hydrogens (primary N) is 5. The zero-order valence-electron chi connectivity index (χ0n) is 66.8. The van der Waals surface area contributed by atoms with Gasteiger partial charge in [0.15, 0.2) is 16.8 Å². The van der Waals surface area contributed by atoms with Gasteiger partial charge in [0, 0.05) is 138 Å². The number of carbonyl (C=O) groups excluding carboxylic acids is 15. The zero-order chi connectivity index (χ0) is 88.7. The molecule has 0 fully saturated rings. The fourth-order valence-electron chi connectivity index (χ4n) is 9.94. The van der Waals surface area contributed by atoms with Crippen molar-refractivity contribution in [2.24, 2.45) is 28.7 Å². The van der Waals surface area contributed by atoms with Crippen LogP contribution in [0, 0.1) is 10.1 Å². The molecule has 0 unspecified atom stereocenters. The molecule has 0 aliphatic heterocycles. The van der Waals surface area contributed by atoms with Crippen molar-refractivity contribution in [2.45, 2.75) is 141 Å². The number of benzene rings is 7. The molecule has 10 amide bonds. The Labute approximate surface area is 722 Å². The van der Waals surface area contributed by atoms with Crippen LogP contribution in [-0.2, 0) is 38.4 Å². The quantitative estimate of drug-likeness (QED) is 0.00735. The number of ether oxygens (including phenoxy) is 1. The Morgan fingerprint density at radius 2 is 0.603 bits per heavy atom. The van der Waals surface area contributed by atoms with Gasteiger partial charge in [0.25, 0.3) is 35.2 Å². The highest BCUT2D eigenvalue weighted by Gasteiger charge is 2.22. The first-order valence-electron chi connectivity index (χ1n) is 38.3. The molecule has 121 heavy (non-hydrogen) atoms. The van der Waals surface area contributed by atoms with Crippen molar-refractivity contribution in [2.75, 3.05) is 39.3 Å². The number of unbranched alkanes of at least 4 members (excludes halogenated alkanes) is 7. The average Bonchev–Trinajstić information content (AvgIpc) is 0.824. The molecule has 0 aliphatic carbocycles. The maximum atomic E-state index is 12.4. The summed E-state index contributed by atoms with van der Waals surface area (Å²) in [4.78, 5) is 192. The monoisotopic (exact) mass is 1750 g/mol. The summed E-state index contributed by atoms with van der Waals surface area (Å²) in [5.41, 5.74) is 27.8. The van der Waals surface area contributed by atoms with E-state index in [0.717, 1.165) is 104 Å². The van der Waals surface area contributed by atoms with E-state index in [2.05, 4.69) is 45.4 Å². The Balaban J connectivity index is 0.000000318. The summed E-state index contributed by atoms with van der Waals surface area (Å²) in [6.45, 7) is 4.98. The van der Waals surface area contributed by atoms with Gasteiger partial charge < -0.3 is 60.0 Å². The van der Waals surface area contributed by atoms with Crippen LogP contribution in [0.3, 0.4) is 0 Å². The molecule has 0 radical (unpaired) electrons. The maximum absolute atomic E-state index is 12.4. The molecular formula is C86H98N12O18S5. The predicted molar refractivity (Wildman–Crippen MR) is 467 cm³/mol. The van der Waals surface area contributed by atoms with E-state index < -0.39 is 40.4 Å². The third-order valence-electron chi connectivity index (χ3n) is 16.1. The van der Waals surface area contributed by atoms with Crippen LogP contribution in [0.5, 0.6) is 5.75 Å². The SMILES string of the molecule is CCCCCCC(=O)Sc1ccccc1C(=O)NCCC(N)=O.CCCCCCCC(=O)Sc1ccccc1C(=O)NCCC(N)=O.NC(=O)CCNC(=O)c1ccccc1SC(=O)COc1ccccc1.NC(=O)CCNC(=O)c1ccccc1SC(=O)c1ccc([N+](=O)[O-])cc1.NC(=O)CCNC(=O)c1ccccc1SC(=O)c1ccncc1. The van der Waals surface area contributed by atoms with E-state index in [9.17, 15) is 82.0 Å². The van der Waals surface area contributed by atoms with Gasteiger partial charge in [-0.25, -0.2) is 0 Å². The number of non-ortho nitro benzene ring substituents is 1. The molecular weight excluding hydrogens is 1650 g/mol. The van der Waals surface area contributed by atoms with Gasteiger partial charge in [-0.3, -0.25) is 87.0 Å². The number of nitrogens with zero attached hydrogens (tertiary/aromatic N) is 2. The van der Waals surface area contributed by atoms with Gasteiger partial charge in [-0.05, 0) is 145 Å². The summed E-state index contributed by atoms with van der Waals surface area (Å²) in [5.74, 6) is -3.55. The van der Waals surface area contributed by atoms with Gasteiger partial charge in [0.1, 0.15) is 5.75 Å². The highest BCUT2D eigenvalue weighted by Crippen LogP contribution is 2.31. The van der Waals surface area contributed by atoms with Gasteiger partial charge in [-0.15, -0.1) is 0 Å². The molecule has 30 nitrogen and oxygen atoms in total. The lowest BCUT2D eigenvalue weighted by molar-refractivity contribution is -0.384. The molecule has 1 aromatic heterocycles. The smallest absolute Gasteiger partial charge is 0.269 e. The summed E-state index contributed by atoms with van der Waals surface area (Å²) in [6, 6.07) is 51.5. The van der Waals surface area contributed by atoms with Crippen molar-refractivity contribution >= 4 is 149 Å². The summed E-state index contributed by atoms with van der Waals surface area (Å²) in [7, 11) is 0.